The summed E-state index contributed by atoms with van der Waals surface area (Å²) in [5.74, 6) is 2.38. The van der Waals surface area contributed by atoms with E-state index in [9.17, 15) is 8.42 Å². The molecule has 2 fully saturated rings. The van der Waals surface area contributed by atoms with Gasteiger partial charge < -0.3 is 27.2 Å². The number of ether oxygens (including phenoxy) is 1. The van der Waals surface area contributed by atoms with E-state index >= 15 is 0 Å². The molecule has 0 N–H and O–H groups in total. The SMILES string of the molecule is C[C]1[CH][CH][C](COCC[N-]C2CCCCC2[N-]S(=O)(=O)c2ccc(C)cc2)[CH][CH]1.[Cl-].[Ru+3]. The second-order valence-electron chi connectivity index (χ2n) is 7.76. The van der Waals surface area contributed by atoms with E-state index in [2.05, 4.69) is 37.3 Å². The van der Waals surface area contributed by atoms with Gasteiger partial charge in [0.15, 0.2) is 0 Å². The number of rotatable bonds is 9. The van der Waals surface area contributed by atoms with Crippen molar-refractivity contribution in [2.75, 3.05) is 19.8 Å². The predicted octanol–water partition coefficient (Wildman–Crippen LogP) is 1.76. The average molecular weight is 551 g/mol. The third-order valence-corrected chi connectivity index (χ3v) is 6.69. The summed E-state index contributed by atoms with van der Waals surface area (Å²) < 4.78 is 35.3. The summed E-state index contributed by atoms with van der Waals surface area (Å²) in [6.45, 7) is 5.66. The molecule has 2 aliphatic rings. The average Bonchev–Trinajstić information content (AvgIpc) is 2.70. The van der Waals surface area contributed by atoms with Crippen LogP contribution in [-0.2, 0) is 34.2 Å². The molecule has 1 aromatic carbocycles. The molecule has 5 nitrogen and oxygen atoms in total. The van der Waals surface area contributed by atoms with Crippen molar-refractivity contribution in [2.45, 2.75) is 56.5 Å². The van der Waals surface area contributed by atoms with Gasteiger partial charge in [0.25, 0.3) is 0 Å². The Morgan fingerprint density at radius 2 is 1.58 bits per heavy atom. The van der Waals surface area contributed by atoms with Gasteiger partial charge in [0, 0.05) is 17.4 Å². The van der Waals surface area contributed by atoms with Gasteiger partial charge in [-0.15, -0.1) is 12.6 Å². The van der Waals surface area contributed by atoms with Crippen molar-refractivity contribution < 1.29 is 45.0 Å². The van der Waals surface area contributed by atoms with Crippen LogP contribution in [0.5, 0.6) is 0 Å². The van der Waals surface area contributed by atoms with Gasteiger partial charge >= 0.3 is 19.5 Å². The minimum absolute atomic E-state index is 0. The fourth-order valence-electron chi connectivity index (χ4n) is 3.53. The second kappa shape index (κ2) is 14.3. The van der Waals surface area contributed by atoms with Crippen molar-refractivity contribution in [1.29, 1.82) is 0 Å². The molecule has 0 heterocycles. The third kappa shape index (κ3) is 9.39. The van der Waals surface area contributed by atoms with Crippen LogP contribution in [0.1, 0.15) is 38.2 Å². The second-order valence-corrected chi connectivity index (χ2v) is 9.39. The van der Waals surface area contributed by atoms with Crippen LogP contribution in [0, 0.1) is 44.4 Å². The van der Waals surface area contributed by atoms with E-state index in [-0.39, 0.29) is 48.9 Å². The van der Waals surface area contributed by atoms with Crippen LogP contribution in [0.3, 0.4) is 0 Å². The normalized spacial score (nSPS) is 23.0. The minimum atomic E-state index is -3.65. The van der Waals surface area contributed by atoms with Crippen LogP contribution < -0.4 is 12.4 Å². The van der Waals surface area contributed by atoms with Gasteiger partial charge in [-0.2, -0.15) is 6.04 Å². The maximum absolute atomic E-state index is 12.7. The number of aryl methyl sites for hydroxylation is 1. The molecule has 8 heteroatoms. The molecule has 0 saturated heterocycles. The molecule has 171 valence electrons. The number of hydrogen-bond acceptors (Lipinski definition) is 3. The largest absolute Gasteiger partial charge is 3.00 e. The van der Waals surface area contributed by atoms with Crippen molar-refractivity contribution in [1.82, 2.24) is 0 Å². The molecule has 2 atom stereocenters. The Morgan fingerprint density at radius 3 is 2.23 bits per heavy atom. The van der Waals surface area contributed by atoms with Crippen molar-refractivity contribution >= 4 is 10.0 Å². The van der Waals surface area contributed by atoms with E-state index in [0.29, 0.717) is 19.8 Å². The zero-order valence-electron chi connectivity index (χ0n) is 18.0. The number of hydrogen-bond donors (Lipinski definition) is 0. The van der Waals surface area contributed by atoms with Crippen LogP contribution in [0.2, 0.25) is 0 Å². The maximum Gasteiger partial charge on any atom is 3.00 e. The van der Waals surface area contributed by atoms with E-state index < -0.39 is 10.0 Å². The first kappa shape index (κ1) is 29.0. The molecule has 0 bridgehead atoms. The van der Waals surface area contributed by atoms with E-state index in [1.165, 1.54) is 5.92 Å². The van der Waals surface area contributed by atoms with E-state index in [1.807, 2.05) is 6.92 Å². The van der Waals surface area contributed by atoms with Crippen molar-refractivity contribution in [3.05, 3.63) is 77.4 Å². The molecule has 0 aromatic heterocycles. The molecule has 2 saturated carbocycles. The number of halogens is 1. The van der Waals surface area contributed by atoms with E-state index in [4.69, 9.17) is 10.1 Å². The van der Waals surface area contributed by atoms with Gasteiger partial charge in [-0.3, -0.25) is 0 Å². The topological polar surface area (TPSA) is 71.6 Å². The fraction of sp³-hybridized carbons (Fsp3) is 0.478. The van der Waals surface area contributed by atoms with Gasteiger partial charge in [0.05, 0.1) is 6.61 Å². The van der Waals surface area contributed by atoms with Crippen molar-refractivity contribution in [3.63, 3.8) is 0 Å². The molecule has 31 heavy (non-hydrogen) atoms. The Hall–Kier alpha value is -0.0366. The van der Waals surface area contributed by atoms with Crippen molar-refractivity contribution in [2.24, 2.45) is 0 Å². The Bertz CT molecular complexity index is 725. The summed E-state index contributed by atoms with van der Waals surface area (Å²) in [6.07, 6.45) is 12.0. The Morgan fingerprint density at radius 1 is 0.968 bits per heavy atom. The molecular weight excluding hydrogens is 521 g/mol. The van der Waals surface area contributed by atoms with Gasteiger partial charge in [-0.1, -0.05) is 50.3 Å². The summed E-state index contributed by atoms with van der Waals surface area (Å²) >= 11 is 0. The predicted molar refractivity (Wildman–Crippen MR) is 116 cm³/mol. The molecule has 7 radical (unpaired) electrons. The van der Waals surface area contributed by atoms with Gasteiger partial charge in [-0.25, -0.2) is 8.42 Å². The molecule has 0 spiro atoms. The monoisotopic (exact) mass is 551 g/mol. The zero-order chi connectivity index (χ0) is 20.7. The summed E-state index contributed by atoms with van der Waals surface area (Å²) in [5, 5.41) is 4.72. The zero-order valence-corrected chi connectivity index (χ0v) is 21.3. The van der Waals surface area contributed by atoms with Gasteiger partial charge in [-0.05, 0) is 50.7 Å². The smallest absolute Gasteiger partial charge is 1.00 e. The maximum atomic E-state index is 12.7. The Labute approximate surface area is 208 Å². The van der Waals surface area contributed by atoms with E-state index in [1.54, 1.807) is 24.3 Å². The fourth-order valence-corrected chi connectivity index (χ4v) is 4.74. The standard InChI is InChI=1S/C23H30N2O3S.ClH.Ru/c1-18-7-11-20(12-8-18)17-28-16-15-24-22-5-3-4-6-23(22)25-29(26,27)21-13-9-19(2)10-14-21;;/h7-14,22-23H,3-6,15-17H2,1-2H3;1H;/q-2;;+3/p-1. The summed E-state index contributed by atoms with van der Waals surface area (Å²) in [5.41, 5.74) is 1.03. The number of benzene rings is 1. The molecular formula is C23H30ClN2O3RuS. The molecule has 2 aliphatic carbocycles. The molecule has 3 rings (SSSR count). The van der Waals surface area contributed by atoms with Gasteiger partial charge in [0.1, 0.15) is 10.0 Å². The quantitative estimate of drug-likeness (QED) is 0.347. The van der Waals surface area contributed by atoms with Crippen LogP contribution in [0.4, 0.5) is 0 Å². The molecule has 2 unspecified atom stereocenters. The summed E-state index contributed by atoms with van der Waals surface area (Å²) in [6, 6.07) is 6.54. The van der Waals surface area contributed by atoms with E-state index in [0.717, 1.165) is 37.2 Å². The van der Waals surface area contributed by atoms with Crippen LogP contribution in [-0.4, -0.2) is 40.3 Å². The molecule has 0 amide bonds. The Balaban J connectivity index is 0.00000240. The van der Waals surface area contributed by atoms with Gasteiger partial charge in [0.2, 0.25) is 0 Å². The first-order valence-electron chi connectivity index (χ1n) is 10.3. The van der Waals surface area contributed by atoms with Crippen LogP contribution >= 0.6 is 0 Å². The molecule has 0 aliphatic heterocycles. The number of sulfonamides is 1. The minimum Gasteiger partial charge on any atom is -1.00 e. The first-order valence-corrected chi connectivity index (χ1v) is 11.7. The Kier molecular flexibility index (Phi) is 13.4. The van der Waals surface area contributed by atoms with Crippen molar-refractivity contribution in [3.8, 4) is 0 Å². The number of nitrogens with zero attached hydrogens (tertiary/aromatic N) is 2. The van der Waals surface area contributed by atoms with Crippen LogP contribution in [0.25, 0.3) is 10.0 Å². The summed E-state index contributed by atoms with van der Waals surface area (Å²) in [7, 11) is -3.65. The molecule has 1 aromatic rings. The third-order valence-electron chi connectivity index (χ3n) is 5.28. The summed E-state index contributed by atoms with van der Waals surface area (Å²) in [4.78, 5) is 0.258. The van der Waals surface area contributed by atoms with Crippen LogP contribution in [0.15, 0.2) is 29.2 Å². The first-order chi connectivity index (χ1) is 13.9.